The molecule has 4 rings (SSSR count). The van der Waals surface area contributed by atoms with Crippen LogP contribution in [0.4, 0.5) is 0 Å². The van der Waals surface area contributed by atoms with Crippen molar-refractivity contribution in [3.05, 3.63) is 108 Å². The van der Waals surface area contributed by atoms with Gasteiger partial charge in [-0.05, 0) is 87.8 Å². The molecule has 0 aliphatic carbocycles. The Bertz CT molecular complexity index is 1740. The maximum absolute atomic E-state index is 13.6. The number of ether oxygens (including phenoxy) is 1. The highest BCUT2D eigenvalue weighted by molar-refractivity contribution is 6.39. The Labute approximate surface area is 259 Å². The molecule has 0 saturated carbocycles. The first kappa shape index (κ1) is 32.0. The molecule has 1 amide bonds. The van der Waals surface area contributed by atoms with E-state index in [4.69, 9.17) is 27.9 Å². The van der Waals surface area contributed by atoms with Gasteiger partial charge in [-0.1, -0.05) is 47.5 Å². The standard InChI is InChI=1S/C32H34Cl2N4O5/c1-19(2)43-31(41)26(36-29(39)28-24(33)8-5-9-25(28)34)18-21-10-13-22(14-11-21)38-30(40)23-17-20(7-6-16-35-3)12-15-27(23)37(4)32(38)42/h5,8-15,17,19,26,35H,6-7,16,18H2,1-4H3,(H,36,39)/t26-/m0/s1. The number of carbonyl (C=O) groups is 2. The van der Waals surface area contributed by atoms with E-state index in [-0.39, 0.29) is 22.0 Å². The highest BCUT2D eigenvalue weighted by Gasteiger charge is 2.26. The highest BCUT2D eigenvalue weighted by Crippen LogP contribution is 2.24. The molecule has 0 unspecified atom stereocenters. The van der Waals surface area contributed by atoms with E-state index in [1.54, 1.807) is 57.3 Å². The number of aryl methyl sites for hydroxylation is 2. The first-order valence-electron chi connectivity index (χ1n) is 14.0. The summed E-state index contributed by atoms with van der Waals surface area (Å²) in [6, 6.07) is 15.9. The van der Waals surface area contributed by atoms with Gasteiger partial charge in [0.2, 0.25) is 0 Å². The van der Waals surface area contributed by atoms with Gasteiger partial charge >= 0.3 is 11.7 Å². The van der Waals surface area contributed by atoms with Gasteiger partial charge in [-0.2, -0.15) is 0 Å². The molecule has 1 heterocycles. The summed E-state index contributed by atoms with van der Waals surface area (Å²) in [5, 5.41) is 6.56. The zero-order valence-corrected chi connectivity index (χ0v) is 26.0. The third-order valence-corrected chi connectivity index (χ3v) is 7.62. The maximum atomic E-state index is 13.6. The number of benzene rings is 3. The number of aromatic nitrogens is 2. The average Bonchev–Trinajstić information content (AvgIpc) is 2.96. The van der Waals surface area contributed by atoms with Crippen molar-refractivity contribution in [3.63, 3.8) is 0 Å². The summed E-state index contributed by atoms with van der Waals surface area (Å²) in [6.45, 7) is 4.28. The number of halogens is 2. The van der Waals surface area contributed by atoms with Gasteiger partial charge in [0.1, 0.15) is 6.04 Å². The lowest BCUT2D eigenvalue weighted by Gasteiger charge is -2.20. The molecule has 2 N–H and O–H groups in total. The molecule has 43 heavy (non-hydrogen) atoms. The lowest BCUT2D eigenvalue weighted by molar-refractivity contribution is -0.149. The van der Waals surface area contributed by atoms with Crippen LogP contribution in [0.2, 0.25) is 10.0 Å². The topological polar surface area (TPSA) is 111 Å². The predicted molar refractivity (Wildman–Crippen MR) is 170 cm³/mol. The fraction of sp³-hybridized carbons (Fsp3) is 0.312. The number of esters is 1. The van der Waals surface area contributed by atoms with E-state index in [1.165, 1.54) is 16.7 Å². The van der Waals surface area contributed by atoms with Crippen molar-refractivity contribution in [1.82, 2.24) is 19.8 Å². The SMILES string of the molecule is CNCCCc1ccc2c(c1)c(=O)n(-c1ccc(C[C@H](NC(=O)c3c(Cl)cccc3Cl)C(=O)OC(C)C)cc1)c(=O)n2C. The number of nitrogens with zero attached hydrogens (tertiary/aromatic N) is 2. The lowest BCUT2D eigenvalue weighted by atomic mass is 10.0. The average molecular weight is 626 g/mol. The molecule has 0 bridgehead atoms. The number of rotatable bonds is 11. The van der Waals surface area contributed by atoms with Gasteiger partial charge in [0.05, 0.1) is 38.3 Å². The van der Waals surface area contributed by atoms with Crippen molar-refractivity contribution in [2.45, 2.75) is 45.3 Å². The first-order chi connectivity index (χ1) is 20.5. The normalized spacial score (nSPS) is 12.0. The largest absolute Gasteiger partial charge is 0.461 e. The first-order valence-corrected chi connectivity index (χ1v) is 14.7. The molecule has 0 fully saturated rings. The Balaban J connectivity index is 1.64. The van der Waals surface area contributed by atoms with Crippen LogP contribution >= 0.6 is 23.2 Å². The molecule has 0 saturated heterocycles. The molecule has 11 heteroatoms. The third-order valence-electron chi connectivity index (χ3n) is 6.99. The quantitative estimate of drug-likeness (QED) is 0.188. The number of hydrogen-bond donors (Lipinski definition) is 2. The minimum Gasteiger partial charge on any atom is -0.461 e. The number of fused-ring (bicyclic) bond motifs is 1. The molecule has 0 spiro atoms. The predicted octanol–water partition coefficient (Wildman–Crippen LogP) is 4.44. The molecule has 1 atom stereocenters. The highest BCUT2D eigenvalue weighted by atomic mass is 35.5. The van der Waals surface area contributed by atoms with Crippen LogP contribution in [0.25, 0.3) is 16.6 Å². The Morgan fingerprint density at radius 3 is 2.23 bits per heavy atom. The Kier molecular flexibility index (Phi) is 10.4. The summed E-state index contributed by atoms with van der Waals surface area (Å²) in [5.41, 5.74) is 1.78. The fourth-order valence-corrected chi connectivity index (χ4v) is 5.40. The zero-order valence-electron chi connectivity index (χ0n) is 24.4. The van der Waals surface area contributed by atoms with E-state index in [1.807, 2.05) is 19.2 Å². The van der Waals surface area contributed by atoms with Crippen LogP contribution in [0.1, 0.15) is 41.8 Å². The van der Waals surface area contributed by atoms with Crippen molar-refractivity contribution in [3.8, 4) is 5.69 Å². The van der Waals surface area contributed by atoms with Gasteiger partial charge in [-0.3, -0.25) is 14.2 Å². The number of nitrogens with one attached hydrogen (secondary N) is 2. The van der Waals surface area contributed by atoms with Crippen LogP contribution in [0, 0.1) is 0 Å². The van der Waals surface area contributed by atoms with E-state index in [9.17, 15) is 19.2 Å². The second kappa shape index (κ2) is 14.0. The number of carbonyl (C=O) groups excluding carboxylic acids is 2. The van der Waals surface area contributed by atoms with Crippen molar-refractivity contribution in [2.24, 2.45) is 7.05 Å². The van der Waals surface area contributed by atoms with Gasteiger partial charge < -0.3 is 15.4 Å². The van der Waals surface area contributed by atoms with Gasteiger partial charge in [0, 0.05) is 13.5 Å². The summed E-state index contributed by atoms with van der Waals surface area (Å²) in [5.74, 6) is -1.24. The maximum Gasteiger partial charge on any atom is 0.335 e. The smallest absolute Gasteiger partial charge is 0.335 e. The third kappa shape index (κ3) is 7.36. The van der Waals surface area contributed by atoms with Crippen LogP contribution in [0.3, 0.4) is 0 Å². The van der Waals surface area contributed by atoms with E-state index in [2.05, 4.69) is 10.6 Å². The van der Waals surface area contributed by atoms with Crippen molar-refractivity contribution in [1.29, 1.82) is 0 Å². The van der Waals surface area contributed by atoms with Crippen molar-refractivity contribution >= 4 is 46.0 Å². The van der Waals surface area contributed by atoms with Crippen LogP contribution in [-0.4, -0.2) is 46.7 Å². The second-order valence-corrected chi connectivity index (χ2v) is 11.3. The van der Waals surface area contributed by atoms with Crippen molar-refractivity contribution < 1.29 is 14.3 Å². The van der Waals surface area contributed by atoms with Crippen LogP contribution < -0.4 is 21.9 Å². The van der Waals surface area contributed by atoms with E-state index < -0.39 is 35.3 Å². The van der Waals surface area contributed by atoms with E-state index in [0.29, 0.717) is 22.2 Å². The Morgan fingerprint density at radius 2 is 1.60 bits per heavy atom. The minimum absolute atomic E-state index is 0.0558. The summed E-state index contributed by atoms with van der Waals surface area (Å²) in [6.07, 6.45) is 1.40. The molecular weight excluding hydrogens is 591 g/mol. The lowest BCUT2D eigenvalue weighted by Crippen LogP contribution is -2.44. The van der Waals surface area contributed by atoms with E-state index >= 15 is 0 Å². The van der Waals surface area contributed by atoms with Gasteiger partial charge in [0.15, 0.2) is 0 Å². The Morgan fingerprint density at radius 1 is 0.953 bits per heavy atom. The minimum atomic E-state index is -1.05. The van der Waals surface area contributed by atoms with Crippen LogP contribution in [-0.2, 0) is 29.4 Å². The van der Waals surface area contributed by atoms with Crippen LogP contribution in [0.15, 0.2) is 70.3 Å². The van der Waals surface area contributed by atoms with Gasteiger partial charge in [-0.25, -0.2) is 14.2 Å². The zero-order chi connectivity index (χ0) is 31.3. The second-order valence-electron chi connectivity index (χ2n) is 10.5. The molecular formula is C32H34Cl2N4O5. The summed E-state index contributed by atoms with van der Waals surface area (Å²) < 4.78 is 7.98. The molecule has 3 aromatic carbocycles. The van der Waals surface area contributed by atoms with E-state index in [0.717, 1.165) is 29.5 Å². The molecule has 226 valence electrons. The molecule has 4 aromatic rings. The molecule has 0 aliphatic rings. The Hall–Kier alpha value is -3.92. The summed E-state index contributed by atoms with van der Waals surface area (Å²) in [7, 11) is 3.53. The molecule has 1 aromatic heterocycles. The molecule has 9 nitrogen and oxygen atoms in total. The number of hydrogen-bond acceptors (Lipinski definition) is 6. The summed E-state index contributed by atoms with van der Waals surface area (Å²) in [4.78, 5) is 52.8. The van der Waals surface area contributed by atoms with Crippen LogP contribution in [0.5, 0.6) is 0 Å². The monoisotopic (exact) mass is 624 g/mol. The summed E-state index contributed by atoms with van der Waals surface area (Å²) >= 11 is 12.4. The van der Waals surface area contributed by atoms with Crippen molar-refractivity contribution in [2.75, 3.05) is 13.6 Å². The fourth-order valence-electron chi connectivity index (χ4n) is 4.83. The molecule has 0 aliphatic heterocycles. The number of amides is 1. The molecule has 0 radical (unpaired) electrons. The van der Waals surface area contributed by atoms with Gasteiger partial charge in [0.25, 0.3) is 11.5 Å². The van der Waals surface area contributed by atoms with Gasteiger partial charge in [-0.15, -0.1) is 0 Å².